The molecule has 1 aliphatic rings. The van der Waals surface area contributed by atoms with Crippen LogP contribution in [-0.2, 0) is 0 Å². The number of thioether (sulfide) groups is 1. The third-order valence-corrected chi connectivity index (χ3v) is 4.56. The molecule has 4 heteroatoms. The molecule has 3 nitrogen and oxygen atoms in total. The second kappa shape index (κ2) is 6.41. The minimum atomic E-state index is 0.0313. The second-order valence-electron chi connectivity index (χ2n) is 5.13. The molecule has 0 aliphatic carbocycles. The van der Waals surface area contributed by atoms with Gasteiger partial charge in [0.25, 0.3) is 0 Å². The van der Waals surface area contributed by atoms with Crippen molar-refractivity contribution in [1.82, 2.24) is 0 Å². The number of ether oxygens (including phenoxy) is 2. The summed E-state index contributed by atoms with van der Waals surface area (Å²) < 4.78 is 11.1. The molecule has 0 saturated carbocycles. The van der Waals surface area contributed by atoms with E-state index in [1.165, 1.54) is 11.1 Å². The zero-order valence-corrected chi connectivity index (χ0v) is 12.9. The van der Waals surface area contributed by atoms with Gasteiger partial charge < -0.3 is 15.2 Å². The Labute approximate surface area is 129 Å². The molecule has 1 aliphatic heterocycles. The lowest BCUT2D eigenvalue weighted by molar-refractivity contribution is 0.171. The summed E-state index contributed by atoms with van der Waals surface area (Å²) >= 11 is 1.74. The van der Waals surface area contributed by atoms with Gasteiger partial charge >= 0.3 is 0 Å². The van der Waals surface area contributed by atoms with Gasteiger partial charge in [0.15, 0.2) is 11.5 Å². The largest absolute Gasteiger partial charge is 0.486 e. The summed E-state index contributed by atoms with van der Waals surface area (Å²) in [4.78, 5) is 1.15. The van der Waals surface area contributed by atoms with Gasteiger partial charge in [0, 0.05) is 16.7 Å². The molecule has 0 radical (unpaired) electrons. The highest BCUT2D eigenvalue weighted by molar-refractivity contribution is 7.99. The van der Waals surface area contributed by atoms with E-state index in [1.54, 1.807) is 11.8 Å². The van der Waals surface area contributed by atoms with E-state index in [2.05, 4.69) is 37.3 Å². The third-order valence-electron chi connectivity index (χ3n) is 3.45. The highest BCUT2D eigenvalue weighted by Crippen LogP contribution is 2.35. The first-order chi connectivity index (χ1) is 10.2. The van der Waals surface area contributed by atoms with Gasteiger partial charge in [0.1, 0.15) is 13.2 Å². The molecular formula is C17H19NO2S. The Bertz CT molecular complexity index is 613. The molecule has 2 aromatic carbocycles. The standard InChI is InChI=1S/C17H19NO2S/c1-12-2-4-13(5-3-12)15(18)11-21-14-6-7-16-17(10-14)20-9-8-19-16/h2-7,10,15H,8-9,11,18H2,1H3. The Balaban J connectivity index is 1.63. The fraction of sp³-hybridized carbons (Fsp3) is 0.294. The number of hydrogen-bond acceptors (Lipinski definition) is 4. The van der Waals surface area contributed by atoms with Crippen LogP contribution in [0.25, 0.3) is 0 Å². The molecule has 2 aromatic rings. The number of rotatable bonds is 4. The highest BCUT2D eigenvalue weighted by Gasteiger charge is 2.13. The van der Waals surface area contributed by atoms with E-state index in [1.807, 2.05) is 12.1 Å². The van der Waals surface area contributed by atoms with Crippen molar-refractivity contribution in [3.8, 4) is 11.5 Å². The molecule has 1 heterocycles. The molecule has 1 atom stereocenters. The van der Waals surface area contributed by atoms with E-state index >= 15 is 0 Å². The van der Waals surface area contributed by atoms with Crippen molar-refractivity contribution in [2.45, 2.75) is 17.9 Å². The molecule has 0 fully saturated rings. The maximum atomic E-state index is 6.25. The Kier molecular flexibility index (Phi) is 4.36. The molecule has 1 unspecified atom stereocenters. The van der Waals surface area contributed by atoms with Crippen molar-refractivity contribution in [3.63, 3.8) is 0 Å². The number of hydrogen-bond donors (Lipinski definition) is 1. The average Bonchev–Trinajstić information content (AvgIpc) is 2.53. The van der Waals surface area contributed by atoms with Crippen LogP contribution in [0.4, 0.5) is 0 Å². The second-order valence-corrected chi connectivity index (χ2v) is 6.23. The molecule has 0 amide bonds. The normalized spacial score (nSPS) is 14.8. The van der Waals surface area contributed by atoms with Crippen LogP contribution in [0.2, 0.25) is 0 Å². The first-order valence-electron chi connectivity index (χ1n) is 7.07. The number of benzene rings is 2. The monoisotopic (exact) mass is 301 g/mol. The average molecular weight is 301 g/mol. The topological polar surface area (TPSA) is 44.5 Å². The van der Waals surface area contributed by atoms with Gasteiger partial charge in [-0.15, -0.1) is 11.8 Å². The molecule has 0 bridgehead atoms. The minimum absolute atomic E-state index is 0.0313. The third kappa shape index (κ3) is 3.52. The lowest BCUT2D eigenvalue weighted by Crippen LogP contribution is -2.15. The Morgan fingerprint density at radius 3 is 2.52 bits per heavy atom. The summed E-state index contributed by atoms with van der Waals surface area (Å²) in [6.45, 7) is 3.32. The van der Waals surface area contributed by atoms with Crippen LogP contribution in [0.5, 0.6) is 11.5 Å². The predicted molar refractivity (Wildman–Crippen MR) is 86.3 cm³/mol. The summed E-state index contributed by atoms with van der Waals surface area (Å²) in [6.07, 6.45) is 0. The van der Waals surface area contributed by atoms with Gasteiger partial charge in [-0.2, -0.15) is 0 Å². The lowest BCUT2D eigenvalue weighted by Gasteiger charge is -2.19. The van der Waals surface area contributed by atoms with Gasteiger partial charge in [-0.1, -0.05) is 29.8 Å². The molecule has 110 valence electrons. The number of nitrogens with two attached hydrogens (primary N) is 1. The van der Waals surface area contributed by atoms with Crippen molar-refractivity contribution in [2.75, 3.05) is 19.0 Å². The zero-order valence-electron chi connectivity index (χ0n) is 12.0. The number of aryl methyl sites for hydroxylation is 1. The predicted octanol–water partition coefficient (Wildman–Crippen LogP) is 3.56. The maximum Gasteiger partial charge on any atom is 0.162 e. The van der Waals surface area contributed by atoms with E-state index < -0.39 is 0 Å². The SMILES string of the molecule is Cc1ccc(C(N)CSc2ccc3c(c2)OCCO3)cc1. The first kappa shape index (κ1) is 14.3. The summed E-state index contributed by atoms with van der Waals surface area (Å²) in [5, 5.41) is 0. The molecule has 0 saturated heterocycles. The quantitative estimate of drug-likeness (QED) is 0.877. The van der Waals surface area contributed by atoms with Gasteiger partial charge in [0.05, 0.1) is 0 Å². The van der Waals surface area contributed by atoms with Crippen LogP contribution in [0, 0.1) is 6.92 Å². The van der Waals surface area contributed by atoms with Crippen molar-refractivity contribution >= 4 is 11.8 Å². The fourth-order valence-electron chi connectivity index (χ4n) is 2.21. The van der Waals surface area contributed by atoms with Gasteiger partial charge in [-0.25, -0.2) is 0 Å². The fourth-order valence-corrected chi connectivity index (χ4v) is 3.13. The van der Waals surface area contributed by atoms with Crippen molar-refractivity contribution in [2.24, 2.45) is 5.73 Å². The van der Waals surface area contributed by atoms with Crippen molar-refractivity contribution in [1.29, 1.82) is 0 Å². The van der Waals surface area contributed by atoms with Gasteiger partial charge in [-0.05, 0) is 30.7 Å². The molecule has 0 spiro atoms. The molecular weight excluding hydrogens is 282 g/mol. The summed E-state index contributed by atoms with van der Waals surface area (Å²) in [7, 11) is 0. The summed E-state index contributed by atoms with van der Waals surface area (Å²) in [5.41, 5.74) is 8.68. The van der Waals surface area contributed by atoms with Gasteiger partial charge in [0.2, 0.25) is 0 Å². The molecule has 2 N–H and O–H groups in total. The Morgan fingerprint density at radius 1 is 1.05 bits per heavy atom. The van der Waals surface area contributed by atoms with E-state index in [-0.39, 0.29) is 6.04 Å². The van der Waals surface area contributed by atoms with Crippen LogP contribution in [0.15, 0.2) is 47.4 Å². The first-order valence-corrected chi connectivity index (χ1v) is 8.05. The van der Waals surface area contributed by atoms with E-state index in [0.717, 1.165) is 22.1 Å². The van der Waals surface area contributed by atoms with E-state index in [0.29, 0.717) is 13.2 Å². The van der Waals surface area contributed by atoms with Crippen LogP contribution in [0.1, 0.15) is 17.2 Å². The van der Waals surface area contributed by atoms with Crippen LogP contribution >= 0.6 is 11.8 Å². The molecule has 21 heavy (non-hydrogen) atoms. The summed E-state index contributed by atoms with van der Waals surface area (Å²) in [6, 6.07) is 14.5. The zero-order chi connectivity index (χ0) is 14.7. The summed E-state index contributed by atoms with van der Waals surface area (Å²) in [5.74, 6) is 2.49. The Morgan fingerprint density at radius 2 is 1.76 bits per heavy atom. The maximum absolute atomic E-state index is 6.25. The van der Waals surface area contributed by atoms with E-state index in [9.17, 15) is 0 Å². The van der Waals surface area contributed by atoms with Gasteiger partial charge in [-0.3, -0.25) is 0 Å². The van der Waals surface area contributed by atoms with Crippen molar-refractivity contribution in [3.05, 3.63) is 53.6 Å². The van der Waals surface area contributed by atoms with Crippen LogP contribution in [-0.4, -0.2) is 19.0 Å². The van der Waals surface area contributed by atoms with Crippen LogP contribution < -0.4 is 15.2 Å². The molecule has 3 rings (SSSR count). The minimum Gasteiger partial charge on any atom is -0.486 e. The van der Waals surface area contributed by atoms with E-state index in [4.69, 9.17) is 15.2 Å². The van der Waals surface area contributed by atoms with Crippen molar-refractivity contribution < 1.29 is 9.47 Å². The lowest BCUT2D eigenvalue weighted by atomic mass is 10.1. The smallest absolute Gasteiger partial charge is 0.162 e. The Hall–Kier alpha value is -1.65. The highest BCUT2D eigenvalue weighted by atomic mass is 32.2. The number of fused-ring (bicyclic) bond motifs is 1. The molecule has 0 aromatic heterocycles. The van der Waals surface area contributed by atoms with Crippen LogP contribution in [0.3, 0.4) is 0 Å².